The summed E-state index contributed by atoms with van der Waals surface area (Å²) in [5, 5.41) is 20.7. The van der Waals surface area contributed by atoms with Crippen molar-refractivity contribution in [3.63, 3.8) is 0 Å². The van der Waals surface area contributed by atoms with Crippen molar-refractivity contribution in [2.45, 2.75) is 6.61 Å². The first-order valence-electron chi connectivity index (χ1n) is 9.63. The lowest BCUT2D eigenvalue weighted by Gasteiger charge is -2.21. The zero-order valence-electron chi connectivity index (χ0n) is 17.3. The Kier molecular flexibility index (Phi) is 5.84. The number of aliphatic hydroxyl groups is 1. The molecule has 0 amide bonds. The van der Waals surface area contributed by atoms with Crippen LogP contribution in [0, 0.1) is 0 Å². The molecule has 4 rings (SSSR count). The van der Waals surface area contributed by atoms with Crippen molar-refractivity contribution in [3.05, 3.63) is 72.9 Å². The van der Waals surface area contributed by atoms with Gasteiger partial charge in [-0.05, 0) is 35.9 Å². The lowest BCUT2D eigenvalue weighted by molar-refractivity contribution is 0.282. The number of aliphatic hydroxyl groups excluding tert-OH is 1. The molecule has 2 N–H and O–H groups in total. The van der Waals surface area contributed by atoms with Crippen LogP contribution < -0.4 is 9.62 Å². The van der Waals surface area contributed by atoms with Gasteiger partial charge in [0.25, 0.3) is 0 Å². The van der Waals surface area contributed by atoms with Gasteiger partial charge in [0.05, 0.1) is 37.0 Å². The summed E-state index contributed by atoms with van der Waals surface area (Å²) >= 11 is 0. The average molecular weight is 452 g/mol. The molecule has 0 aliphatic heterocycles. The Balaban J connectivity index is 1.67. The molecule has 164 valence electrons. The molecule has 11 heteroatoms. The SMILES string of the molecule is C=CCN(c1cccc(Nc2ncc3nnn(-c4cccc(CO)c4)c3n2)c1)S(C)(=O)=O. The number of benzene rings is 2. The second-order valence-corrected chi connectivity index (χ2v) is 8.90. The first-order chi connectivity index (χ1) is 15.4. The highest BCUT2D eigenvalue weighted by molar-refractivity contribution is 7.92. The molecular weight excluding hydrogens is 430 g/mol. The Morgan fingerprint density at radius 3 is 2.78 bits per heavy atom. The molecule has 10 nitrogen and oxygen atoms in total. The van der Waals surface area contributed by atoms with Crippen LogP contribution in [0.15, 0.2) is 67.4 Å². The van der Waals surface area contributed by atoms with Gasteiger partial charge in [-0.2, -0.15) is 9.67 Å². The molecule has 2 aromatic heterocycles. The standard InChI is InChI=1S/C21H21N7O3S/c1-3-10-27(32(2,30)31)17-8-5-7-16(12-17)23-21-22-13-19-20(24-21)28(26-25-19)18-9-4-6-15(11-18)14-29/h3-9,11-13,29H,1,10,14H2,2H3,(H,22,23,24). The number of nitrogens with zero attached hydrogens (tertiary/aromatic N) is 6. The molecule has 0 aliphatic rings. The van der Waals surface area contributed by atoms with E-state index in [1.54, 1.807) is 41.2 Å². The highest BCUT2D eigenvalue weighted by atomic mass is 32.2. The molecule has 0 unspecified atom stereocenters. The molecule has 0 bridgehead atoms. The zero-order chi connectivity index (χ0) is 22.7. The van der Waals surface area contributed by atoms with E-state index in [9.17, 15) is 13.5 Å². The van der Waals surface area contributed by atoms with Crippen LogP contribution in [-0.4, -0.2) is 51.3 Å². The van der Waals surface area contributed by atoms with E-state index in [-0.39, 0.29) is 13.2 Å². The highest BCUT2D eigenvalue weighted by Gasteiger charge is 2.16. The summed E-state index contributed by atoms with van der Waals surface area (Å²) in [6.45, 7) is 3.69. The van der Waals surface area contributed by atoms with E-state index in [4.69, 9.17) is 0 Å². The molecule has 0 saturated heterocycles. The minimum absolute atomic E-state index is 0.0883. The molecule has 32 heavy (non-hydrogen) atoms. The number of sulfonamides is 1. The maximum absolute atomic E-state index is 12.1. The largest absolute Gasteiger partial charge is 0.392 e. The normalized spacial score (nSPS) is 11.4. The summed E-state index contributed by atoms with van der Waals surface area (Å²) in [5.74, 6) is 0.297. The van der Waals surface area contributed by atoms with Crippen molar-refractivity contribution in [1.82, 2.24) is 25.0 Å². The molecule has 4 aromatic rings. The van der Waals surface area contributed by atoms with Crippen molar-refractivity contribution < 1.29 is 13.5 Å². The van der Waals surface area contributed by atoms with Gasteiger partial charge in [-0.25, -0.2) is 13.4 Å². The second-order valence-electron chi connectivity index (χ2n) is 6.99. The molecule has 2 aromatic carbocycles. The number of anilines is 3. The lowest BCUT2D eigenvalue weighted by Crippen LogP contribution is -2.29. The quantitative estimate of drug-likeness (QED) is 0.391. The van der Waals surface area contributed by atoms with Gasteiger partial charge < -0.3 is 10.4 Å². The van der Waals surface area contributed by atoms with Crippen LogP contribution in [0.5, 0.6) is 0 Å². The Labute approximate surface area is 184 Å². The molecule has 0 aliphatic carbocycles. The van der Waals surface area contributed by atoms with E-state index < -0.39 is 10.0 Å². The summed E-state index contributed by atoms with van der Waals surface area (Å²) < 4.78 is 27.1. The van der Waals surface area contributed by atoms with Crippen molar-refractivity contribution >= 4 is 38.5 Å². The smallest absolute Gasteiger partial charge is 0.232 e. The predicted molar refractivity (Wildman–Crippen MR) is 122 cm³/mol. The van der Waals surface area contributed by atoms with Gasteiger partial charge in [-0.3, -0.25) is 4.31 Å². The third-order valence-electron chi connectivity index (χ3n) is 4.62. The monoisotopic (exact) mass is 451 g/mol. The summed E-state index contributed by atoms with van der Waals surface area (Å²) in [6.07, 6.45) is 4.22. The number of aromatic nitrogens is 5. The van der Waals surface area contributed by atoms with E-state index in [2.05, 4.69) is 32.2 Å². The number of nitrogens with one attached hydrogen (secondary N) is 1. The summed E-state index contributed by atoms with van der Waals surface area (Å²) in [7, 11) is -3.47. The van der Waals surface area contributed by atoms with Crippen molar-refractivity contribution in [2.24, 2.45) is 0 Å². The third-order valence-corrected chi connectivity index (χ3v) is 5.78. The first-order valence-corrected chi connectivity index (χ1v) is 11.5. The fraction of sp³-hybridized carbons (Fsp3) is 0.143. The van der Waals surface area contributed by atoms with Crippen molar-refractivity contribution in [2.75, 3.05) is 22.4 Å². The van der Waals surface area contributed by atoms with Gasteiger partial charge in [0, 0.05) is 5.69 Å². The molecular formula is C21H21N7O3S. The van der Waals surface area contributed by atoms with Gasteiger partial charge in [0.2, 0.25) is 16.0 Å². The van der Waals surface area contributed by atoms with Gasteiger partial charge in [0.1, 0.15) is 0 Å². The Bertz CT molecular complexity index is 1390. The molecule has 0 fully saturated rings. The topological polar surface area (TPSA) is 126 Å². The number of rotatable bonds is 8. The van der Waals surface area contributed by atoms with Crippen LogP contribution in [0.2, 0.25) is 0 Å². The van der Waals surface area contributed by atoms with E-state index in [0.717, 1.165) is 11.8 Å². The molecule has 0 radical (unpaired) electrons. The third kappa shape index (κ3) is 4.43. The molecule has 0 atom stereocenters. The molecule has 0 spiro atoms. The van der Waals surface area contributed by atoms with Gasteiger partial charge >= 0.3 is 0 Å². The van der Waals surface area contributed by atoms with Crippen molar-refractivity contribution in [3.8, 4) is 5.69 Å². The van der Waals surface area contributed by atoms with Crippen LogP contribution in [0.3, 0.4) is 0 Å². The highest BCUT2D eigenvalue weighted by Crippen LogP contribution is 2.24. The molecule has 0 saturated carbocycles. The van der Waals surface area contributed by atoms with Crippen LogP contribution in [-0.2, 0) is 16.6 Å². The molecule has 2 heterocycles. The minimum Gasteiger partial charge on any atom is -0.392 e. The van der Waals surface area contributed by atoms with E-state index in [1.165, 1.54) is 10.4 Å². The Morgan fingerprint density at radius 1 is 1.22 bits per heavy atom. The van der Waals surface area contributed by atoms with Gasteiger partial charge in [-0.15, -0.1) is 11.7 Å². The lowest BCUT2D eigenvalue weighted by atomic mass is 10.2. The average Bonchev–Trinajstić information content (AvgIpc) is 3.20. The Hall–Kier alpha value is -3.83. The van der Waals surface area contributed by atoms with E-state index in [1.807, 2.05) is 18.2 Å². The predicted octanol–water partition coefficient (Wildman–Crippen LogP) is 2.40. The summed E-state index contributed by atoms with van der Waals surface area (Å²) in [4.78, 5) is 8.80. The fourth-order valence-electron chi connectivity index (χ4n) is 3.17. The maximum Gasteiger partial charge on any atom is 0.232 e. The number of fused-ring (bicyclic) bond motifs is 1. The van der Waals surface area contributed by atoms with E-state index >= 15 is 0 Å². The first kappa shape index (κ1) is 21.4. The van der Waals surface area contributed by atoms with Gasteiger partial charge in [0.15, 0.2) is 11.2 Å². The van der Waals surface area contributed by atoms with Gasteiger partial charge in [-0.1, -0.05) is 29.5 Å². The van der Waals surface area contributed by atoms with Crippen molar-refractivity contribution in [1.29, 1.82) is 0 Å². The number of hydrogen-bond acceptors (Lipinski definition) is 8. The van der Waals surface area contributed by atoms with Crippen LogP contribution in [0.4, 0.5) is 17.3 Å². The van der Waals surface area contributed by atoms with Crippen LogP contribution >= 0.6 is 0 Å². The fourth-order valence-corrected chi connectivity index (χ4v) is 4.04. The minimum atomic E-state index is -3.47. The van der Waals surface area contributed by atoms with E-state index in [0.29, 0.717) is 34.2 Å². The Morgan fingerprint density at radius 2 is 2.03 bits per heavy atom. The van der Waals surface area contributed by atoms with Crippen LogP contribution in [0.25, 0.3) is 16.9 Å². The number of hydrogen-bond donors (Lipinski definition) is 2. The van der Waals surface area contributed by atoms with Crippen LogP contribution in [0.1, 0.15) is 5.56 Å². The summed E-state index contributed by atoms with van der Waals surface area (Å²) in [6, 6.07) is 14.2. The second kappa shape index (κ2) is 8.73. The zero-order valence-corrected chi connectivity index (χ0v) is 18.1. The summed E-state index contributed by atoms with van der Waals surface area (Å²) in [5.41, 5.74) is 3.54. The maximum atomic E-state index is 12.1.